The van der Waals surface area contributed by atoms with Crippen LogP contribution < -0.4 is 5.32 Å². The summed E-state index contributed by atoms with van der Waals surface area (Å²) in [5.74, 6) is -0.281. The molecule has 0 aliphatic carbocycles. The Morgan fingerprint density at radius 2 is 1.92 bits per heavy atom. The lowest BCUT2D eigenvalue weighted by Gasteiger charge is -2.05. The van der Waals surface area contributed by atoms with Crippen molar-refractivity contribution in [3.8, 4) is 10.6 Å². The first kappa shape index (κ1) is 15.4. The second-order valence-electron chi connectivity index (χ2n) is 5.61. The molecule has 5 nitrogen and oxygen atoms in total. The van der Waals surface area contributed by atoms with E-state index in [0.29, 0.717) is 5.69 Å². The third-order valence-electron chi connectivity index (χ3n) is 3.73. The van der Waals surface area contributed by atoms with Gasteiger partial charge in [-0.2, -0.15) is 0 Å². The molecule has 0 bridgehead atoms. The van der Waals surface area contributed by atoms with Gasteiger partial charge in [0.2, 0.25) is 0 Å². The number of carbonyl (C=O) groups excluding carboxylic acids is 1. The number of carbonyl (C=O) groups is 1. The SMILES string of the molecule is Cc1ccc2nc(-c3ccc(NC(=O)c4cnccn4)cc3)sc2c1. The first-order chi connectivity index (χ1) is 12.2. The number of aryl methyl sites for hydroxylation is 1. The number of nitrogens with zero attached hydrogens (tertiary/aromatic N) is 3. The van der Waals surface area contributed by atoms with Crippen LogP contribution in [0.5, 0.6) is 0 Å². The topological polar surface area (TPSA) is 67.8 Å². The van der Waals surface area contributed by atoms with Gasteiger partial charge in [-0.05, 0) is 48.9 Å². The molecule has 1 amide bonds. The Hall–Kier alpha value is -3.12. The van der Waals surface area contributed by atoms with E-state index in [0.717, 1.165) is 16.1 Å². The summed E-state index contributed by atoms with van der Waals surface area (Å²) in [5, 5.41) is 3.78. The quantitative estimate of drug-likeness (QED) is 0.600. The summed E-state index contributed by atoms with van der Waals surface area (Å²) in [4.78, 5) is 24.7. The van der Waals surface area contributed by atoms with Gasteiger partial charge in [0.05, 0.1) is 16.4 Å². The molecule has 0 aliphatic heterocycles. The highest BCUT2D eigenvalue weighted by molar-refractivity contribution is 7.21. The Bertz CT molecular complexity index is 1040. The summed E-state index contributed by atoms with van der Waals surface area (Å²) in [6, 6.07) is 13.9. The molecule has 2 aromatic carbocycles. The van der Waals surface area contributed by atoms with Gasteiger partial charge in [-0.1, -0.05) is 6.07 Å². The fraction of sp³-hybridized carbons (Fsp3) is 0.0526. The van der Waals surface area contributed by atoms with Crippen LogP contribution in [0.3, 0.4) is 0 Å². The van der Waals surface area contributed by atoms with Crippen molar-refractivity contribution >= 4 is 33.1 Å². The molecule has 0 aliphatic rings. The highest BCUT2D eigenvalue weighted by Crippen LogP contribution is 2.31. The standard InChI is InChI=1S/C19H14N4OS/c1-12-2-7-15-17(10-12)25-19(23-15)13-3-5-14(6-4-13)22-18(24)16-11-20-8-9-21-16/h2-11H,1H3,(H,22,24). The van der Waals surface area contributed by atoms with E-state index in [1.54, 1.807) is 11.3 Å². The third kappa shape index (κ3) is 3.25. The summed E-state index contributed by atoms with van der Waals surface area (Å²) in [6.07, 6.45) is 4.46. The van der Waals surface area contributed by atoms with E-state index in [1.165, 1.54) is 28.9 Å². The highest BCUT2D eigenvalue weighted by atomic mass is 32.1. The number of benzene rings is 2. The van der Waals surface area contributed by atoms with Crippen molar-refractivity contribution in [1.29, 1.82) is 0 Å². The van der Waals surface area contributed by atoms with Gasteiger partial charge in [0.25, 0.3) is 5.91 Å². The van der Waals surface area contributed by atoms with E-state index in [1.807, 2.05) is 30.3 Å². The van der Waals surface area contributed by atoms with Gasteiger partial charge in [0, 0.05) is 23.6 Å². The molecule has 0 atom stereocenters. The molecular formula is C19H14N4OS. The predicted octanol–water partition coefficient (Wildman–Crippen LogP) is 4.31. The van der Waals surface area contributed by atoms with Crippen LogP contribution in [0.4, 0.5) is 5.69 Å². The van der Waals surface area contributed by atoms with E-state index >= 15 is 0 Å². The van der Waals surface area contributed by atoms with Crippen molar-refractivity contribution in [2.75, 3.05) is 5.32 Å². The lowest BCUT2D eigenvalue weighted by molar-refractivity contribution is 0.102. The highest BCUT2D eigenvalue weighted by Gasteiger charge is 2.09. The molecular weight excluding hydrogens is 332 g/mol. The summed E-state index contributed by atoms with van der Waals surface area (Å²) in [7, 11) is 0. The minimum Gasteiger partial charge on any atom is -0.321 e. The summed E-state index contributed by atoms with van der Waals surface area (Å²) < 4.78 is 1.18. The fourth-order valence-electron chi connectivity index (χ4n) is 2.46. The normalized spacial score (nSPS) is 10.8. The number of rotatable bonds is 3. The number of amides is 1. The van der Waals surface area contributed by atoms with Crippen molar-refractivity contribution in [3.05, 3.63) is 72.3 Å². The number of hydrogen-bond acceptors (Lipinski definition) is 5. The van der Waals surface area contributed by atoms with Crippen LogP contribution in [0.2, 0.25) is 0 Å². The van der Waals surface area contributed by atoms with Crippen molar-refractivity contribution in [3.63, 3.8) is 0 Å². The number of thiazole rings is 1. The van der Waals surface area contributed by atoms with Gasteiger partial charge >= 0.3 is 0 Å². The van der Waals surface area contributed by atoms with Crippen molar-refractivity contribution in [1.82, 2.24) is 15.0 Å². The monoisotopic (exact) mass is 346 g/mol. The Labute approximate surface area is 148 Å². The average molecular weight is 346 g/mol. The molecule has 0 saturated carbocycles. The average Bonchev–Trinajstić information content (AvgIpc) is 3.06. The first-order valence-electron chi connectivity index (χ1n) is 7.74. The lowest BCUT2D eigenvalue weighted by atomic mass is 10.2. The molecule has 4 aromatic rings. The van der Waals surface area contributed by atoms with Crippen LogP contribution in [0.15, 0.2) is 61.1 Å². The van der Waals surface area contributed by atoms with Crippen LogP contribution in [0.1, 0.15) is 16.1 Å². The second-order valence-corrected chi connectivity index (χ2v) is 6.64. The third-order valence-corrected chi connectivity index (χ3v) is 4.80. The molecule has 6 heteroatoms. The molecule has 25 heavy (non-hydrogen) atoms. The molecule has 2 aromatic heterocycles. The Kier molecular flexibility index (Phi) is 3.95. The van der Waals surface area contributed by atoms with Crippen LogP contribution >= 0.6 is 11.3 Å². The molecule has 0 fully saturated rings. The van der Waals surface area contributed by atoms with Gasteiger partial charge in [-0.3, -0.25) is 9.78 Å². The van der Waals surface area contributed by atoms with Crippen LogP contribution in [-0.2, 0) is 0 Å². The minimum absolute atomic E-state index is 0.281. The number of nitrogens with one attached hydrogen (secondary N) is 1. The predicted molar refractivity (Wildman–Crippen MR) is 99.8 cm³/mol. The number of anilines is 1. The van der Waals surface area contributed by atoms with Crippen LogP contribution in [-0.4, -0.2) is 20.9 Å². The van der Waals surface area contributed by atoms with E-state index in [2.05, 4.69) is 39.3 Å². The molecule has 0 spiro atoms. The maximum Gasteiger partial charge on any atom is 0.275 e. The van der Waals surface area contributed by atoms with Crippen LogP contribution in [0, 0.1) is 6.92 Å². The van der Waals surface area contributed by atoms with Gasteiger partial charge < -0.3 is 5.32 Å². The van der Waals surface area contributed by atoms with Crippen molar-refractivity contribution in [2.24, 2.45) is 0 Å². The second kappa shape index (κ2) is 6.41. The molecule has 0 radical (unpaired) electrons. The molecule has 2 heterocycles. The first-order valence-corrected chi connectivity index (χ1v) is 8.56. The van der Waals surface area contributed by atoms with E-state index in [9.17, 15) is 4.79 Å². The van der Waals surface area contributed by atoms with E-state index < -0.39 is 0 Å². The smallest absolute Gasteiger partial charge is 0.275 e. The Morgan fingerprint density at radius 1 is 1.08 bits per heavy atom. The van der Waals surface area contributed by atoms with E-state index in [-0.39, 0.29) is 11.6 Å². The van der Waals surface area contributed by atoms with Crippen molar-refractivity contribution in [2.45, 2.75) is 6.92 Å². The Balaban J connectivity index is 1.56. The van der Waals surface area contributed by atoms with Gasteiger partial charge in [0.1, 0.15) is 10.7 Å². The summed E-state index contributed by atoms with van der Waals surface area (Å²) in [6.45, 7) is 2.08. The zero-order valence-electron chi connectivity index (χ0n) is 13.4. The zero-order valence-corrected chi connectivity index (χ0v) is 14.2. The number of aromatic nitrogens is 3. The zero-order chi connectivity index (χ0) is 17.2. The number of hydrogen-bond donors (Lipinski definition) is 1. The van der Waals surface area contributed by atoms with Gasteiger partial charge in [-0.25, -0.2) is 9.97 Å². The van der Waals surface area contributed by atoms with Crippen LogP contribution in [0.25, 0.3) is 20.8 Å². The summed E-state index contributed by atoms with van der Waals surface area (Å²) in [5.41, 5.74) is 4.25. The maximum absolute atomic E-state index is 12.1. The lowest BCUT2D eigenvalue weighted by Crippen LogP contribution is -2.13. The molecule has 4 rings (SSSR count). The minimum atomic E-state index is -0.281. The summed E-state index contributed by atoms with van der Waals surface area (Å²) >= 11 is 1.66. The van der Waals surface area contributed by atoms with Gasteiger partial charge in [0.15, 0.2) is 0 Å². The molecule has 0 unspecified atom stereocenters. The van der Waals surface area contributed by atoms with E-state index in [4.69, 9.17) is 0 Å². The molecule has 0 saturated heterocycles. The molecule has 122 valence electrons. The number of fused-ring (bicyclic) bond motifs is 1. The largest absolute Gasteiger partial charge is 0.321 e. The van der Waals surface area contributed by atoms with Gasteiger partial charge in [-0.15, -0.1) is 11.3 Å². The fourth-order valence-corrected chi connectivity index (χ4v) is 3.53. The van der Waals surface area contributed by atoms with Crippen molar-refractivity contribution < 1.29 is 4.79 Å². The maximum atomic E-state index is 12.1. The molecule has 1 N–H and O–H groups in total. The Morgan fingerprint density at radius 3 is 2.68 bits per heavy atom.